The van der Waals surface area contributed by atoms with Gasteiger partial charge in [0.15, 0.2) is 0 Å². The zero-order valence-electron chi connectivity index (χ0n) is 10.1. The van der Waals surface area contributed by atoms with Crippen molar-refractivity contribution in [2.75, 3.05) is 0 Å². The van der Waals surface area contributed by atoms with Crippen LogP contribution in [0, 0.1) is 13.8 Å². The fourth-order valence-corrected chi connectivity index (χ4v) is 0.854. The first-order chi connectivity index (χ1) is 5.83. The fourth-order valence-electron chi connectivity index (χ4n) is 0.854. The van der Waals surface area contributed by atoms with Crippen molar-refractivity contribution in [1.29, 1.82) is 0 Å². The quantitative estimate of drug-likeness (QED) is 0.387. The van der Waals surface area contributed by atoms with Crippen molar-refractivity contribution in [2.45, 2.75) is 65.2 Å². The Labute approximate surface area is 110 Å². The van der Waals surface area contributed by atoms with Crippen LogP contribution in [0.5, 0.6) is 0 Å². The molecule has 0 saturated carbocycles. The molecule has 0 amide bonds. The van der Waals surface area contributed by atoms with Gasteiger partial charge in [0.1, 0.15) is 0 Å². The smallest absolute Gasteiger partial charge is 0 e. The van der Waals surface area contributed by atoms with Gasteiger partial charge in [-0.25, -0.2) is 0 Å². The van der Waals surface area contributed by atoms with Crippen LogP contribution < -0.4 is 0 Å². The van der Waals surface area contributed by atoms with E-state index in [1.165, 1.54) is 38.5 Å². The van der Waals surface area contributed by atoms with E-state index in [1.807, 2.05) is 0 Å². The van der Waals surface area contributed by atoms with Crippen molar-refractivity contribution in [3.8, 4) is 0 Å². The molecule has 14 heavy (non-hydrogen) atoms. The molecule has 0 rings (SSSR count). The summed E-state index contributed by atoms with van der Waals surface area (Å²) in [5, 5.41) is 0. The Hall–Kier alpha value is 0.830. The summed E-state index contributed by atoms with van der Waals surface area (Å²) in [5.41, 5.74) is 0. The zero-order chi connectivity index (χ0) is 9.66. The Bertz CT molecular complexity index is 42.3. The van der Waals surface area contributed by atoms with Gasteiger partial charge in [0.25, 0.3) is 0 Å². The van der Waals surface area contributed by atoms with E-state index < -0.39 is 0 Å². The summed E-state index contributed by atoms with van der Waals surface area (Å²) < 4.78 is 0. The Balaban J connectivity index is -0.0000000625. The molecular weight excluding hydrogens is 339 g/mol. The van der Waals surface area contributed by atoms with Gasteiger partial charge in [0.2, 0.25) is 0 Å². The molecule has 0 saturated heterocycles. The number of hydrogen-bond acceptors (Lipinski definition) is 0. The maximum atomic E-state index is 3.72. The minimum atomic E-state index is 0. The third-order valence-corrected chi connectivity index (χ3v) is 1.71. The molecular formula is C12H28HfO-2. The zero-order valence-corrected chi connectivity index (χ0v) is 13.7. The van der Waals surface area contributed by atoms with Crippen LogP contribution in [0.15, 0.2) is 0 Å². The van der Waals surface area contributed by atoms with Gasteiger partial charge in [-0.05, 0) is 0 Å². The van der Waals surface area contributed by atoms with Crippen LogP contribution in [0.2, 0.25) is 0 Å². The first kappa shape index (κ1) is 24.2. The van der Waals surface area contributed by atoms with E-state index >= 15 is 0 Å². The van der Waals surface area contributed by atoms with Crippen LogP contribution in [0.25, 0.3) is 0 Å². The van der Waals surface area contributed by atoms with E-state index in [9.17, 15) is 0 Å². The van der Waals surface area contributed by atoms with Crippen LogP contribution in [-0.4, -0.2) is 5.48 Å². The summed E-state index contributed by atoms with van der Waals surface area (Å²) in [6.45, 7) is 11.9. The first-order valence-corrected chi connectivity index (χ1v) is 5.41. The Morgan fingerprint density at radius 2 is 1.00 bits per heavy atom. The van der Waals surface area contributed by atoms with E-state index in [1.54, 1.807) is 0 Å². The summed E-state index contributed by atoms with van der Waals surface area (Å²) in [5.74, 6) is 0. The monoisotopic (exact) mass is 368 g/mol. The summed E-state index contributed by atoms with van der Waals surface area (Å²) >= 11 is 0. The van der Waals surface area contributed by atoms with Crippen molar-refractivity contribution < 1.29 is 31.3 Å². The van der Waals surface area contributed by atoms with Gasteiger partial charge in [-0.15, -0.1) is 0 Å². The van der Waals surface area contributed by atoms with Crippen LogP contribution >= 0.6 is 0 Å². The number of unbranched alkanes of at least 4 members (excludes halogenated alkanes) is 6. The third kappa shape index (κ3) is 38.5. The molecule has 0 aromatic heterocycles. The second kappa shape index (κ2) is 29.2. The Morgan fingerprint density at radius 1 is 0.714 bits per heavy atom. The van der Waals surface area contributed by atoms with Crippen molar-refractivity contribution >= 4 is 0 Å². The van der Waals surface area contributed by atoms with Crippen LogP contribution in [0.4, 0.5) is 0 Å². The Kier molecular flexibility index (Phi) is 50.4. The second-order valence-electron chi connectivity index (χ2n) is 3.12. The molecule has 1 nitrogen and oxygen atoms in total. The Morgan fingerprint density at radius 3 is 1.07 bits per heavy atom. The molecule has 0 heterocycles. The van der Waals surface area contributed by atoms with Crippen LogP contribution in [0.3, 0.4) is 0 Å². The molecule has 0 aromatic rings. The maximum Gasteiger partial charge on any atom is 0 e. The minimum absolute atomic E-state index is 0. The van der Waals surface area contributed by atoms with Gasteiger partial charge >= 0.3 is 0 Å². The summed E-state index contributed by atoms with van der Waals surface area (Å²) in [7, 11) is 0. The van der Waals surface area contributed by atoms with Crippen molar-refractivity contribution in [3.63, 3.8) is 0 Å². The van der Waals surface area contributed by atoms with E-state index in [0.29, 0.717) is 0 Å². The molecule has 0 aliphatic rings. The summed E-state index contributed by atoms with van der Waals surface area (Å²) in [4.78, 5) is 0. The number of rotatable bonds is 6. The largest absolute Gasteiger partial charge is 0.412 e. The van der Waals surface area contributed by atoms with Gasteiger partial charge in [0, 0.05) is 25.8 Å². The fraction of sp³-hybridized carbons (Fsp3) is 0.833. The van der Waals surface area contributed by atoms with E-state index in [0.717, 1.165) is 12.8 Å². The minimum Gasteiger partial charge on any atom is -0.412 e. The SMILES string of the molecule is O.[CH2-]CCCCC.[CH2-]CCCCC.[Hf]. The molecule has 0 radical (unpaired) electrons. The van der Waals surface area contributed by atoms with Crippen molar-refractivity contribution in [3.05, 3.63) is 13.8 Å². The predicted octanol–water partition coefficient (Wildman–Crippen LogP) is 3.97. The predicted molar refractivity (Wildman–Crippen MR) is 62.6 cm³/mol. The molecule has 2 heteroatoms. The van der Waals surface area contributed by atoms with Gasteiger partial charge < -0.3 is 19.3 Å². The van der Waals surface area contributed by atoms with E-state index in [4.69, 9.17) is 0 Å². The van der Waals surface area contributed by atoms with Crippen LogP contribution in [0.1, 0.15) is 65.2 Å². The van der Waals surface area contributed by atoms with Gasteiger partial charge in [-0.2, -0.15) is 12.8 Å². The molecule has 2 N–H and O–H groups in total. The van der Waals surface area contributed by atoms with Crippen molar-refractivity contribution in [1.82, 2.24) is 0 Å². The molecule has 88 valence electrons. The second-order valence-corrected chi connectivity index (χ2v) is 3.12. The summed E-state index contributed by atoms with van der Waals surface area (Å²) in [6.07, 6.45) is 10.1. The summed E-state index contributed by atoms with van der Waals surface area (Å²) in [6, 6.07) is 0. The average molecular weight is 367 g/mol. The van der Waals surface area contributed by atoms with Crippen molar-refractivity contribution in [2.24, 2.45) is 0 Å². The molecule has 0 unspecified atom stereocenters. The standard InChI is InChI=1S/2C6H13.Hf.H2O/c2*1-3-5-6-4-2;;/h2*1,3-6H2,2H3;;1H2/q2*-1;;. The molecule has 0 spiro atoms. The first-order valence-electron chi connectivity index (χ1n) is 5.41. The average Bonchev–Trinajstić information content (AvgIpc) is 2.12. The topological polar surface area (TPSA) is 31.5 Å². The van der Waals surface area contributed by atoms with Gasteiger partial charge in [0.05, 0.1) is 0 Å². The molecule has 0 bridgehead atoms. The molecule has 0 fully saturated rings. The van der Waals surface area contributed by atoms with Gasteiger partial charge in [-0.1, -0.05) is 52.4 Å². The molecule has 0 aliphatic carbocycles. The molecule has 0 aliphatic heterocycles. The van der Waals surface area contributed by atoms with E-state index in [2.05, 4.69) is 27.7 Å². The van der Waals surface area contributed by atoms with E-state index in [-0.39, 0.29) is 31.3 Å². The normalized spacial score (nSPS) is 7.71. The molecule has 0 aromatic carbocycles. The van der Waals surface area contributed by atoms with Gasteiger partial charge in [-0.3, -0.25) is 0 Å². The maximum absolute atomic E-state index is 3.72. The number of hydrogen-bond donors (Lipinski definition) is 0. The van der Waals surface area contributed by atoms with Crippen LogP contribution in [-0.2, 0) is 25.8 Å². The third-order valence-electron chi connectivity index (χ3n) is 1.71. The molecule has 0 atom stereocenters.